The molecule has 1 aromatic rings. The second-order valence-electron chi connectivity index (χ2n) is 4.34. The summed E-state index contributed by atoms with van der Waals surface area (Å²) in [6.45, 7) is 0. The van der Waals surface area contributed by atoms with Gasteiger partial charge in [-0.2, -0.15) is 0 Å². The maximum atomic E-state index is 6.39. The van der Waals surface area contributed by atoms with Gasteiger partial charge in [-0.15, -0.1) is 0 Å². The molecule has 0 heterocycles. The number of nitrogen functional groups attached to an aromatic ring is 1. The van der Waals surface area contributed by atoms with E-state index in [1.807, 2.05) is 18.2 Å². The first-order valence-corrected chi connectivity index (χ1v) is 5.36. The SMILES string of the molecule is Nc1cccc(C2(N)CCCCC2)c1. The first-order chi connectivity index (χ1) is 6.71. The second-order valence-corrected chi connectivity index (χ2v) is 4.34. The van der Waals surface area contributed by atoms with E-state index in [4.69, 9.17) is 11.5 Å². The van der Waals surface area contributed by atoms with E-state index in [2.05, 4.69) is 6.07 Å². The lowest BCUT2D eigenvalue weighted by Gasteiger charge is -2.34. The van der Waals surface area contributed by atoms with Crippen molar-refractivity contribution in [1.29, 1.82) is 0 Å². The minimum Gasteiger partial charge on any atom is -0.399 e. The molecule has 0 radical (unpaired) electrons. The maximum Gasteiger partial charge on any atom is 0.0410 e. The number of hydrogen-bond donors (Lipinski definition) is 2. The standard InChI is InChI=1S/C12H18N2/c13-11-6-4-5-10(9-11)12(14)7-2-1-3-8-12/h4-6,9H,1-3,7-8,13-14H2. The molecule has 0 amide bonds. The van der Waals surface area contributed by atoms with Crippen LogP contribution in [-0.4, -0.2) is 0 Å². The van der Waals surface area contributed by atoms with Gasteiger partial charge in [-0.3, -0.25) is 0 Å². The third kappa shape index (κ3) is 1.75. The molecule has 0 saturated heterocycles. The van der Waals surface area contributed by atoms with E-state index in [0.717, 1.165) is 18.5 Å². The molecule has 1 aliphatic carbocycles. The number of hydrogen-bond acceptors (Lipinski definition) is 2. The number of anilines is 1. The van der Waals surface area contributed by atoms with E-state index in [9.17, 15) is 0 Å². The zero-order valence-corrected chi connectivity index (χ0v) is 8.50. The van der Waals surface area contributed by atoms with Crippen LogP contribution in [0.15, 0.2) is 24.3 Å². The summed E-state index contributed by atoms with van der Waals surface area (Å²) in [6, 6.07) is 8.02. The van der Waals surface area contributed by atoms with Crippen LogP contribution >= 0.6 is 0 Å². The lowest BCUT2D eigenvalue weighted by molar-refractivity contribution is 0.302. The van der Waals surface area contributed by atoms with E-state index >= 15 is 0 Å². The normalized spacial score (nSPS) is 20.6. The Kier molecular flexibility index (Phi) is 2.46. The first kappa shape index (κ1) is 9.53. The molecule has 1 fully saturated rings. The molecule has 2 nitrogen and oxygen atoms in total. The molecule has 1 aliphatic rings. The number of rotatable bonds is 1. The highest BCUT2D eigenvalue weighted by Crippen LogP contribution is 2.35. The monoisotopic (exact) mass is 190 g/mol. The highest BCUT2D eigenvalue weighted by molar-refractivity contribution is 5.43. The van der Waals surface area contributed by atoms with Gasteiger partial charge in [0.05, 0.1) is 0 Å². The molecule has 4 N–H and O–H groups in total. The van der Waals surface area contributed by atoms with Crippen molar-refractivity contribution in [2.75, 3.05) is 5.73 Å². The topological polar surface area (TPSA) is 52.0 Å². The van der Waals surface area contributed by atoms with E-state index in [1.54, 1.807) is 0 Å². The van der Waals surface area contributed by atoms with Gasteiger partial charge in [0.25, 0.3) is 0 Å². The van der Waals surface area contributed by atoms with Crippen molar-refractivity contribution in [3.63, 3.8) is 0 Å². The molecular formula is C12H18N2. The van der Waals surface area contributed by atoms with Gasteiger partial charge in [0.15, 0.2) is 0 Å². The fourth-order valence-corrected chi connectivity index (χ4v) is 2.32. The Morgan fingerprint density at radius 1 is 1.07 bits per heavy atom. The Labute approximate surface area is 85.3 Å². The van der Waals surface area contributed by atoms with Gasteiger partial charge in [-0.1, -0.05) is 31.4 Å². The highest BCUT2D eigenvalue weighted by Gasteiger charge is 2.29. The molecular weight excluding hydrogens is 172 g/mol. The van der Waals surface area contributed by atoms with Crippen molar-refractivity contribution in [2.24, 2.45) is 5.73 Å². The Hall–Kier alpha value is -1.02. The van der Waals surface area contributed by atoms with Gasteiger partial charge in [-0.05, 0) is 30.5 Å². The predicted molar refractivity (Wildman–Crippen MR) is 59.8 cm³/mol. The van der Waals surface area contributed by atoms with Crippen LogP contribution in [-0.2, 0) is 5.54 Å². The third-order valence-electron chi connectivity index (χ3n) is 3.21. The van der Waals surface area contributed by atoms with E-state index in [-0.39, 0.29) is 5.54 Å². The summed E-state index contributed by atoms with van der Waals surface area (Å²) in [6.07, 6.45) is 5.99. The van der Waals surface area contributed by atoms with Crippen molar-refractivity contribution in [3.05, 3.63) is 29.8 Å². The van der Waals surface area contributed by atoms with Crippen LogP contribution < -0.4 is 11.5 Å². The first-order valence-electron chi connectivity index (χ1n) is 5.36. The fraction of sp³-hybridized carbons (Fsp3) is 0.500. The quantitative estimate of drug-likeness (QED) is 0.668. The van der Waals surface area contributed by atoms with Crippen molar-refractivity contribution < 1.29 is 0 Å². The summed E-state index contributed by atoms with van der Waals surface area (Å²) < 4.78 is 0. The van der Waals surface area contributed by atoms with Gasteiger partial charge in [0.1, 0.15) is 0 Å². The average molecular weight is 190 g/mol. The van der Waals surface area contributed by atoms with Crippen LogP contribution in [0.1, 0.15) is 37.7 Å². The third-order valence-corrected chi connectivity index (χ3v) is 3.21. The molecule has 2 rings (SSSR count). The largest absolute Gasteiger partial charge is 0.399 e. The zero-order valence-electron chi connectivity index (χ0n) is 8.50. The molecule has 0 atom stereocenters. The van der Waals surface area contributed by atoms with Crippen molar-refractivity contribution in [2.45, 2.75) is 37.6 Å². The summed E-state index contributed by atoms with van der Waals surface area (Å²) in [5.41, 5.74) is 14.1. The molecule has 76 valence electrons. The molecule has 14 heavy (non-hydrogen) atoms. The predicted octanol–water partition coefficient (Wildman–Crippen LogP) is 2.39. The van der Waals surface area contributed by atoms with E-state index in [0.29, 0.717) is 0 Å². The summed E-state index contributed by atoms with van der Waals surface area (Å²) in [4.78, 5) is 0. The smallest absolute Gasteiger partial charge is 0.0410 e. The lowest BCUT2D eigenvalue weighted by atomic mass is 9.77. The minimum atomic E-state index is -0.117. The molecule has 0 unspecified atom stereocenters. The average Bonchev–Trinajstić information content (AvgIpc) is 2.19. The zero-order chi connectivity index (χ0) is 10.0. The van der Waals surface area contributed by atoms with Crippen LogP contribution in [0.25, 0.3) is 0 Å². The summed E-state index contributed by atoms with van der Waals surface area (Å²) in [5, 5.41) is 0. The van der Waals surface area contributed by atoms with Gasteiger partial charge in [-0.25, -0.2) is 0 Å². The van der Waals surface area contributed by atoms with Crippen molar-refractivity contribution >= 4 is 5.69 Å². The molecule has 1 aromatic carbocycles. The van der Waals surface area contributed by atoms with E-state index in [1.165, 1.54) is 24.8 Å². The van der Waals surface area contributed by atoms with Crippen LogP contribution in [0.2, 0.25) is 0 Å². The Morgan fingerprint density at radius 2 is 1.79 bits per heavy atom. The number of benzene rings is 1. The Morgan fingerprint density at radius 3 is 2.43 bits per heavy atom. The Balaban J connectivity index is 2.28. The summed E-state index contributed by atoms with van der Waals surface area (Å²) >= 11 is 0. The summed E-state index contributed by atoms with van der Waals surface area (Å²) in [7, 11) is 0. The highest BCUT2D eigenvalue weighted by atomic mass is 14.7. The fourth-order valence-electron chi connectivity index (χ4n) is 2.32. The van der Waals surface area contributed by atoms with Gasteiger partial charge >= 0.3 is 0 Å². The molecule has 0 spiro atoms. The molecule has 0 aromatic heterocycles. The minimum absolute atomic E-state index is 0.117. The number of nitrogens with two attached hydrogens (primary N) is 2. The van der Waals surface area contributed by atoms with Crippen molar-refractivity contribution in [1.82, 2.24) is 0 Å². The molecule has 2 heteroatoms. The van der Waals surface area contributed by atoms with Gasteiger partial charge in [0.2, 0.25) is 0 Å². The summed E-state index contributed by atoms with van der Waals surface area (Å²) in [5.74, 6) is 0. The molecule has 1 saturated carbocycles. The second kappa shape index (κ2) is 3.62. The maximum absolute atomic E-state index is 6.39. The van der Waals surface area contributed by atoms with Crippen LogP contribution in [0.4, 0.5) is 5.69 Å². The van der Waals surface area contributed by atoms with Crippen LogP contribution in [0.5, 0.6) is 0 Å². The van der Waals surface area contributed by atoms with Crippen LogP contribution in [0.3, 0.4) is 0 Å². The lowest BCUT2D eigenvalue weighted by Crippen LogP contribution is -2.38. The van der Waals surface area contributed by atoms with Gasteiger partial charge < -0.3 is 11.5 Å². The van der Waals surface area contributed by atoms with Crippen LogP contribution in [0, 0.1) is 0 Å². The molecule has 0 aliphatic heterocycles. The van der Waals surface area contributed by atoms with E-state index < -0.39 is 0 Å². The molecule has 0 bridgehead atoms. The van der Waals surface area contributed by atoms with Crippen molar-refractivity contribution in [3.8, 4) is 0 Å². The van der Waals surface area contributed by atoms with Gasteiger partial charge in [0, 0.05) is 11.2 Å². The Bertz CT molecular complexity index is 314.